The van der Waals surface area contributed by atoms with Crippen LogP contribution in [0.1, 0.15) is 11.9 Å². The Morgan fingerprint density at radius 1 is 1.30 bits per heavy atom. The average molecular weight is 305 g/mol. The van der Waals surface area contributed by atoms with Crippen LogP contribution in [0.25, 0.3) is 0 Å². The molecule has 1 aromatic rings. The molecule has 0 aliphatic carbocycles. The fraction of sp³-hybridized carbons (Fsp3) is 0.538. The Morgan fingerprint density at radius 3 is 2.65 bits per heavy atom. The molecular formula is C13H17ClO6. The first-order valence-corrected chi connectivity index (χ1v) is 6.59. The topological polar surface area (TPSA) is 99.4 Å². The van der Waals surface area contributed by atoms with E-state index in [0.29, 0.717) is 10.6 Å². The van der Waals surface area contributed by atoms with E-state index >= 15 is 0 Å². The summed E-state index contributed by atoms with van der Waals surface area (Å²) >= 11 is 6.04. The van der Waals surface area contributed by atoms with Crippen LogP contribution in [0.3, 0.4) is 0 Å². The zero-order valence-corrected chi connectivity index (χ0v) is 11.3. The molecule has 0 bridgehead atoms. The van der Waals surface area contributed by atoms with Crippen LogP contribution in [-0.2, 0) is 9.47 Å². The van der Waals surface area contributed by atoms with Crippen LogP contribution in [0.15, 0.2) is 24.3 Å². The summed E-state index contributed by atoms with van der Waals surface area (Å²) in [5.41, 5.74) is 0.566. The Balaban J connectivity index is 2.14. The van der Waals surface area contributed by atoms with Gasteiger partial charge in [-0.1, -0.05) is 29.8 Å². The largest absolute Gasteiger partial charge is 0.394 e. The van der Waals surface area contributed by atoms with Gasteiger partial charge < -0.3 is 29.9 Å². The van der Waals surface area contributed by atoms with Crippen molar-refractivity contribution in [3.05, 3.63) is 34.9 Å². The molecule has 0 aromatic heterocycles. The predicted octanol–water partition coefficient (Wildman–Crippen LogP) is -0.171. The molecule has 1 aliphatic rings. The minimum atomic E-state index is -1.43. The number of hydrogen-bond donors (Lipinski definition) is 4. The van der Waals surface area contributed by atoms with E-state index in [1.54, 1.807) is 24.3 Å². The van der Waals surface area contributed by atoms with Crippen molar-refractivity contribution in [1.82, 2.24) is 0 Å². The summed E-state index contributed by atoms with van der Waals surface area (Å²) in [7, 11) is 0. The molecule has 7 heteroatoms. The molecule has 1 fully saturated rings. The molecule has 0 spiro atoms. The molecule has 1 saturated heterocycles. The quantitative estimate of drug-likeness (QED) is 0.616. The van der Waals surface area contributed by atoms with Crippen molar-refractivity contribution < 1.29 is 29.9 Å². The summed E-state index contributed by atoms with van der Waals surface area (Å²) in [6, 6.07) is 6.89. The van der Waals surface area contributed by atoms with Crippen LogP contribution in [0.5, 0.6) is 0 Å². The Hall–Kier alpha value is -0.730. The van der Waals surface area contributed by atoms with Crippen LogP contribution in [0.2, 0.25) is 5.02 Å². The van der Waals surface area contributed by atoms with Gasteiger partial charge in [0.05, 0.1) is 13.2 Å². The SMILES string of the molecule is OC[C@@H](O)[C@H](O)[C@H]1OC(c2ccccc2Cl)OC[C@@H]1O. The van der Waals surface area contributed by atoms with Crippen molar-refractivity contribution in [1.29, 1.82) is 0 Å². The van der Waals surface area contributed by atoms with E-state index in [-0.39, 0.29) is 6.61 Å². The lowest BCUT2D eigenvalue weighted by Crippen LogP contribution is -2.52. The number of ether oxygens (including phenoxy) is 2. The second kappa shape index (κ2) is 6.82. The summed E-state index contributed by atoms with van der Waals surface area (Å²) in [4.78, 5) is 0. The average Bonchev–Trinajstić information content (AvgIpc) is 2.47. The first-order chi connectivity index (χ1) is 9.54. The number of benzene rings is 1. The summed E-state index contributed by atoms with van der Waals surface area (Å²) in [6.45, 7) is -0.707. The van der Waals surface area contributed by atoms with Crippen molar-refractivity contribution in [3.8, 4) is 0 Å². The van der Waals surface area contributed by atoms with E-state index in [4.69, 9.17) is 26.2 Å². The Morgan fingerprint density at radius 2 is 2.00 bits per heavy atom. The van der Waals surface area contributed by atoms with Crippen LogP contribution in [-0.4, -0.2) is 58.1 Å². The van der Waals surface area contributed by atoms with E-state index in [1.807, 2.05) is 0 Å². The summed E-state index contributed by atoms with van der Waals surface area (Å²) in [6.07, 6.45) is -5.86. The van der Waals surface area contributed by atoms with Gasteiger partial charge >= 0.3 is 0 Å². The molecule has 5 atom stereocenters. The van der Waals surface area contributed by atoms with Gasteiger partial charge in [0.15, 0.2) is 6.29 Å². The molecule has 20 heavy (non-hydrogen) atoms. The normalized spacial score (nSPS) is 29.9. The highest BCUT2D eigenvalue weighted by molar-refractivity contribution is 6.31. The monoisotopic (exact) mass is 304 g/mol. The first-order valence-electron chi connectivity index (χ1n) is 6.21. The Bertz CT molecular complexity index is 443. The van der Waals surface area contributed by atoms with Gasteiger partial charge in [-0.3, -0.25) is 0 Å². The molecule has 112 valence electrons. The standard InChI is InChI=1S/C13H17ClO6/c14-8-4-2-1-3-7(8)13-19-6-10(17)12(20-13)11(18)9(16)5-15/h1-4,9-13,15-18H,5-6H2/t9-,10+,11+,12+,13?/m1/s1. The molecule has 1 aliphatic heterocycles. The molecule has 6 nitrogen and oxygen atoms in total. The second-order valence-electron chi connectivity index (χ2n) is 4.60. The number of aliphatic hydroxyl groups is 4. The number of aliphatic hydroxyl groups excluding tert-OH is 4. The lowest BCUT2D eigenvalue weighted by Gasteiger charge is -2.37. The molecule has 1 aromatic carbocycles. The fourth-order valence-electron chi connectivity index (χ4n) is 2.02. The smallest absolute Gasteiger partial charge is 0.185 e. The maximum atomic E-state index is 9.86. The van der Waals surface area contributed by atoms with Gasteiger partial charge in [-0.25, -0.2) is 0 Å². The van der Waals surface area contributed by atoms with Gasteiger partial charge in [-0.15, -0.1) is 0 Å². The highest BCUT2D eigenvalue weighted by Crippen LogP contribution is 2.32. The lowest BCUT2D eigenvalue weighted by molar-refractivity contribution is -0.284. The number of hydrogen-bond acceptors (Lipinski definition) is 6. The summed E-state index contributed by atoms with van der Waals surface area (Å²) in [5.74, 6) is 0. The highest BCUT2D eigenvalue weighted by Gasteiger charge is 2.39. The molecular weight excluding hydrogens is 288 g/mol. The van der Waals surface area contributed by atoms with E-state index < -0.39 is 37.3 Å². The third-order valence-electron chi connectivity index (χ3n) is 3.16. The van der Waals surface area contributed by atoms with Gasteiger partial charge in [0.25, 0.3) is 0 Å². The molecule has 4 N–H and O–H groups in total. The lowest BCUT2D eigenvalue weighted by atomic mass is 10.0. The van der Waals surface area contributed by atoms with Crippen molar-refractivity contribution in [2.24, 2.45) is 0 Å². The van der Waals surface area contributed by atoms with Crippen LogP contribution in [0.4, 0.5) is 0 Å². The van der Waals surface area contributed by atoms with Gasteiger partial charge in [-0.05, 0) is 6.07 Å². The van der Waals surface area contributed by atoms with Crippen molar-refractivity contribution in [3.63, 3.8) is 0 Å². The van der Waals surface area contributed by atoms with Crippen molar-refractivity contribution >= 4 is 11.6 Å². The molecule has 0 radical (unpaired) electrons. The third-order valence-corrected chi connectivity index (χ3v) is 3.50. The third kappa shape index (κ3) is 3.29. The highest BCUT2D eigenvalue weighted by atomic mass is 35.5. The van der Waals surface area contributed by atoms with E-state index in [9.17, 15) is 15.3 Å². The van der Waals surface area contributed by atoms with E-state index in [1.165, 1.54) is 0 Å². The van der Waals surface area contributed by atoms with Crippen molar-refractivity contribution in [2.45, 2.75) is 30.7 Å². The first kappa shape index (κ1) is 15.7. The van der Waals surface area contributed by atoms with Crippen LogP contribution < -0.4 is 0 Å². The second-order valence-corrected chi connectivity index (χ2v) is 5.00. The zero-order valence-electron chi connectivity index (χ0n) is 10.6. The predicted molar refractivity (Wildman–Crippen MR) is 70.1 cm³/mol. The summed E-state index contributed by atoms with van der Waals surface area (Å²) in [5, 5.41) is 38.4. The molecule has 0 amide bonds. The van der Waals surface area contributed by atoms with Gasteiger partial charge in [0.1, 0.15) is 24.4 Å². The fourth-order valence-corrected chi connectivity index (χ4v) is 2.24. The molecule has 1 heterocycles. The Labute approximate surface area is 121 Å². The Kier molecular flexibility index (Phi) is 5.34. The van der Waals surface area contributed by atoms with Gasteiger partial charge in [0.2, 0.25) is 0 Å². The number of rotatable bonds is 4. The van der Waals surface area contributed by atoms with Crippen LogP contribution >= 0.6 is 11.6 Å². The van der Waals surface area contributed by atoms with Crippen molar-refractivity contribution in [2.75, 3.05) is 13.2 Å². The zero-order chi connectivity index (χ0) is 14.7. The maximum Gasteiger partial charge on any atom is 0.185 e. The molecule has 0 saturated carbocycles. The van der Waals surface area contributed by atoms with E-state index in [2.05, 4.69) is 0 Å². The molecule has 2 rings (SSSR count). The van der Waals surface area contributed by atoms with E-state index in [0.717, 1.165) is 0 Å². The van der Waals surface area contributed by atoms with Crippen LogP contribution in [0, 0.1) is 0 Å². The minimum absolute atomic E-state index is 0.0736. The maximum absolute atomic E-state index is 9.86. The number of halogens is 1. The van der Waals surface area contributed by atoms with Gasteiger partial charge in [-0.2, -0.15) is 0 Å². The minimum Gasteiger partial charge on any atom is -0.394 e. The van der Waals surface area contributed by atoms with Gasteiger partial charge in [0, 0.05) is 10.6 Å². The summed E-state index contributed by atoms with van der Waals surface area (Å²) < 4.78 is 10.8. The molecule has 1 unspecified atom stereocenters.